The van der Waals surface area contributed by atoms with E-state index in [0.717, 1.165) is 11.1 Å². The smallest absolute Gasteiger partial charge is 0.308 e. The first-order valence-corrected chi connectivity index (χ1v) is 11.7. The van der Waals surface area contributed by atoms with Crippen molar-refractivity contribution < 1.29 is 23.9 Å². The molecule has 1 atom stereocenters. The van der Waals surface area contributed by atoms with Crippen LogP contribution in [0.4, 0.5) is 5.69 Å². The van der Waals surface area contributed by atoms with Crippen molar-refractivity contribution in [2.24, 2.45) is 5.92 Å². The Labute approximate surface area is 209 Å². The van der Waals surface area contributed by atoms with Crippen LogP contribution in [0.15, 0.2) is 78.9 Å². The Morgan fingerprint density at radius 2 is 1.69 bits per heavy atom. The molecule has 0 bridgehead atoms. The number of hydrogen-bond donors (Lipinski definition) is 2. The summed E-state index contributed by atoms with van der Waals surface area (Å²) in [6.07, 6.45) is 0.196. The van der Waals surface area contributed by atoms with Crippen LogP contribution in [0, 0.1) is 5.92 Å². The van der Waals surface area contributed by atoms with Crippen molar-refractivity contribution in [3.63, 3.8) is 0 Å². The Bertz CT molecular complexity index is 1260. The van der Waals surface area contributed by atoms with Gasteiger partial charge in [-0.2, -0.15) is 0 Å². The van der Waals surface area contributed by atoms with Gasteiger partial charge in [0.2, 0.25) is 11.8 Å². The number of benzene rings is 3. The lowest BCUT2D eigenvalue weighted by Crippen LogP contribution is -2.28. The highest BCUT2D eigenvalue weighted by Crippen LogP contribution is 2.22. The molecule has 3 aromatic rings. The fraction of sp³-hybridized carbons (Fsp3) is 0.214. The van der Waals surface area contributed by atoms with Gasteiger partial charge in [-0.05, 0) is 41.5 Å². The molecule has 184 valence electrons. The van der Waals surface area contributed by atoms with E-state index in [2.05, 4.69) is 10.6 Å². The standard InChI is InChI=1S/C28H27N3O5/c1-19(32)36-25-9-5-8-22(14-25)27(34)29-16-20-10-12-24(13-11-20)30-28(35)23-15-26(33)31(18-23)17-21-6-3-2-4-7-21/h2-14,23H,15-18H2,1H3,(H,29,34)(H,30,35). The van der Waals surface area contributed by atoms with Crippen LogP contribution in [-0.4, -0.2) is 35.1 Å². The van der Waals surface area contributed by atoms with Crippen molar-refractivity contribution >= 4 is 29.4 Å². The summed E-state index contributed by atoms with van der Waals surface area (Å²) in [4.78, 5) is 50.4. The van der Waals surface area contributed by atoms with Crippen molar-refractivity contribution in [3.8, 4) is 5.75 Å². The number of ether oxygens (including phenoxy) is 1. The minimum absolute atomic E-state index is 0.0246. The van der Waals surface area contributed by atoms with Crippen molar-refractivity contribution in [2.45, 2.75) is 26.4 Å². The second-order valence-electron chi connectivity index (χ2n) is 8.65. The van der Waals surface area contributed by atoms with Gasteiger partial charge in [0.25, 0.3) is 5.91 Å². The number of nitrogens with zero attached hydrogens (tertiary/aromatic N) is 1. The molecule has 1 aliphatic heterocycles. The Kier molecular flexibility index (Phi) is 7.75. The summed E-state index contributed by atoms with van der Waals surface area (Å²) >= 11 is 0. The first-order valence-electron chi connectivity index (χ1n) is 11.7. The van der Waals surface area contributed by atoms with Gasteiger partial charge in [0, 0.05) is 44.2 Å². The molecule has 3 aromatic carbocycles. The number of rotatable bonds is 8. The average Bonchev–Trinajstić information content (AvgIpc) is 3.24. The third kappa shape index (κ3) is 6.56. The number of carbonyl (C=O) groups is 4. The van der Waals surface area contributed by atoms with Crippen LogP contribution in [0.25, 0.3) is 0 Å². The van der Waals surface area contributed by atoms with Crippen LogP contribution in [0.3, 0.4) is 0 Å². The van der Waals surface area contributed by atoms with Gasteiger partial charge in [0.05, 0.1) is 5.92 Å². The molecule has 36 heavy (non-hydrogen) atoms. The normalized spacial score (nSPS) is 14.9. The Balaban J connectivity index is 1.27. The Morgan fingerprint density at radius 3 is 2.42 bits per heavy atom. The predicted octanol–water partition coefficient (Wildman–Crippen LogP) is 3.53. The summed E-state index contributed by atoms with van der Waals surface area (Å²) < 4.78 is 5.01. The summed E-state index contributed by atoms with van der Waals surface area (Å²) in [5.74, 6) is -1.06. The van der Waals surface area contributed by atoms with Crippen LogP contribution >= 0.6 is 0 Å². The van der Waals surface area contributed by atoms with Crippen molar-refractivity contribution in [1.29, 1.82) is 0 Å². The van der Waals surface area contributed by atoms with E-state index >= 15 is 0 Å². The van der Waals surface area contributed by atoms with E-state index in [1.54, 1.807) is 35.2 Å². The number of likely N-dealkylation sites (tertiary alicyclic amines) is 1. The lowest BCUT2D eigenvalue weighted by atomic mass is 10.1. The highest BCUT2D eigenvalue weighted by Gasteiger charge is 2.34. The number of carbonyl (C=O) groups excluding carboxylic acids is 4. The summed E-state index contributed by atoms with van der Waals surface area (Å²) in [6, 6.07) is 23.2. The van der Waals surface area contributed by atoms with Gasteiger partial charge in [0.15, 0.2) is 0 Å². The minimum atomic E-state index is -0.455. The second kappa shape index (κ2) is 11.3. The van der Waals surface area contributed by atoms with Crippen LogP contribution in [0.1, 0.15) is 34.8 Å². The maximum absolute atomic E-state index is 12.7. The molecule has 8 heteroatoms. The zero-order valence-corrected chi connectivity index (χ0v) is 19.9. The van der Waals surface area contributed by atoms with Crippen LogP contribution in [0.2, 0.25) is 0 Å². The summed E-state index contributed by atoms with van der Waals surface area (Å²) in [7, 11) is 0. The largest absolute Gasteiger partial charge is 0.427 e. The van der Waals surface area contributed by atoms with E-state index in [1.165, 1.54) is 13.0 Å². The van der Waals surface area contributed by atoms with E-state index < -0.39 is 11.9 Å². The lowest BCUT2D eigenvalue weighted by molar-refractivity contribution is -0.132. The quantitative estimate of drug-likeness (QED) is 0.375. The van der Waals surface area contributed by atoms with Crippen LogP contribution in [-0.2, 0) is 27.5 Å². The molecule has 4 rings (SSSR count). The van der Waals surface area contributed by atoms with Gasteiger partial charge < -0.3 is 20.3 Å². The Hall–Kier alpha value is -4.46. The third-order valence-corrected chi connectivity index (χ3v) is 5.83. The summed E-state index contributed by atoms with van der Waals surface area (Å²) in [6.45, 7) is 2.48. The minimum Gasteiger partial charge on any atom is -0.427 e. The lowest BCUT2D eigenvalue weighted by Gasteiger charge is -2.16. The van der Waals surface area contributed by atoms with Gasteiger partial charge in [-0.15, -0.1) is 0 Å². The molecule has 3 amide bonds. The summed E-state index contributed by atoms with van der Waals surface area (Å²) in [5.41, 5.74) is 2.89. The van der Waals surface area contributed by atoms with E-state index in [1.807, 2.05) is 42.5 Å². The average molecular weight is 486 g/mol. The molecule has 0 saturated carbocycles. The molecule has 0 radical (unpaired) electrons. The molecule has 1 aliphatic rings. The maximum Gasteiger partial charge on any atom is 0.308 e. The number of nitrogens with one attached hydrogen (secondary N) is 2. The number of hydrogen-bond acceptors (Lipinski definition) is 5. The molecular formula is C28H27N3O5. The van der Waals surface area contributed by atoms with E-state index in [-0.39, 0.29) is 30.7 Å². The molecule has 1 unspecified atom stereocenters. The van der Waals surface area contributed by atoms with Gasteiger partial charge in [-0.25, -0.2) is 0 Å². The molecule has 0 spiro atoms. The number of esters is 1. The number of anilines is 1. The van der Waals surface area contributed by atoms with Gasteiger partial charge in [0.1, 0.15) is 5.75 Å². The first kappa shape index (κ1) is 24.7. The monoisotopic (exact) mass is 485 g/mol. The van der Waals surface area contributed by atoms with Gasteiger partial charge in [-0.3, -0.25) is 19.2 Å². The highest BCUT2D eigenvalue weighted by atomic mass is 16.5. The fourth-order valence-corrected chi connectivity index (χ4v) is 4.01. The molecule has 0 aliphatic carbocycles. The first-order chi connectivity index (χ1) is 17.4. The molecule has 1 saturated heterocycles. The summed E-state index contributed by atoms with van der Waals surface area (Å²) in [5, 5.41) is 5.70. The Morgan fingerprint density at radius 1 is 0.944 bits per heavy atom. The molecule has 1 fully saturated rings. The van der Waals surface area contributed by atoms with Crippen molar-refractivity contribution in [2.75, 3.05) is 11.9 Å². The zero-order chi connectivity index (χ0) is 25.5. The molecular weight excluding hydrogens is 458 g/mol. The van der Waals surface area contributed by atoms with Crippen LogP contribution < -0.4 is 15.4 Å². The van der Waals surface area contributed by atoms with E-state index in [9.17, 15) is 19.2 Å². The fourth-order valence-electron chi connectivity index (χ4n) is 4.01. The van der Waals surface area contributed by atoms with Crippen molar-refractivity contribution in [1.82, 2.24) is 10.2 Å². The van der Waals surface area contributed by atoms with Crippen LogP contribution in [0.5, 0.6) is 5.75 Å². The van der Waals surface area contributed by atoms with Gasteiger partial charge in [-0.1, -0.05) is 48.5 Å². The van der Waals surface area contributed by atoms with E-state index in [4.69, 9.17) is 4.74 Å². The molecule has 1 heterocycles. The van der Waals surface area contributed by atoms with E-state index in [0.29, 0.717) is 30.1 Å². The number of amides is 3. The third-order valence-electron chi connectivity index (χ3n) is 5.83. The second-order valence-corrected chi connectivity index (χ2v) is 8.65. The maximum atomic E-state index is 12.7. The zero-order valence-electron chi connectivity index (χ0n) is 19.9. The van der Waals surface area contributed by atoms with Crippen molar-refractivity contribution in [3.05, 3.63) is 95.6 Å². The topological polar surface area (TPSA) is 105 Å². The molecule has 0 aromatic heterocycles. The SMILES string of the molecule is CC(=O)Oc1cccc(C(=O)NCc2ccc(NC(=O)C3CC(=O)N(Cc4ccccc4)C3)cc2)c1. The molecule has 2 N–H and O–H groups in total. The van der Waals surface area contributed by atoms with Gasteiger partial charge >= 0.3 is 5.97 Å². The molecule has 8 nitrogen and oxygen atoms in total. The predicted molar refractivity (Wildman–Crippen MR) is 134 cm³/mol. The highest BCUT2D eigenvalue weighted by molar-refractivity contribution is 5.97.